The molecule has 0 bridgehead atoms. The van der Waals surface area contributed by atoms with Gasteiger partial charge in [-0.3, -0.25) is 4.90 Å². The second kappa shape index (κ2) is 8.34. The standard InChI is InChI=1S/C17H28N2/c18-12-6-2-1-3-7-13-19-14-8-11-16-9-4-5-10-17(16)15-19/h4-5,9-10H,1-3,6-8,11-15,18H2. The molecule has 2 rings (SSSR count). The zero-order valence-corrected chi connectivity index (χ0v) is 12.1. The molecule has 0 saturated carbocycles. The zero-order chi connectivity index (χ0) is 13.3. The minimum Gasteiger partial charge on any atom is -0.330 e. The second-order valence-electron chi connectivity index (χ2n) is 5.70. The summed E-state index contributed by atoms with van der Waals surface area (Å²) in [6.07, 6.45) is 9.11. The molecule has 1 aliphatic rings. The first kappa shape index (κ1) is 14.5. The summed E-state index contributed by atoms with van der Waals surface area (Å²) in [5, 5.41) is 0. The van der Waals surface area contributed by atoms with E-state index in [-0.39, 0.29) is 0 Å². The Bertz CT molecular complexity index is 362. The molecule has 106 valence electrons. The Balaban J connectivity index is 1.70. The Hall–Kier alpha value is -0.860. The van der Waals surface area contributed by atoms with Crippen molar-refractivity contribution in [2.75, 3.05) is 19.6 Å². The summed E-state index contributed by atoms with van der Waals surface area (Å²) in [4.78, 5) is 2.63. The van der Waals surface area contributed by atoms with Gasteiger partial charge in [0.15, 0.2) is 0 Å². The summed E-state index contributed by atoms with van der Waals surface area (Å²) in [6, 6.07) is 8.95. The molecule has 0 radical (unpaired) electrons. The van der Waals surface area contributed by atoms with Gasteiger partial charge in [-0.2, -0.15) is 0 Å². The van der Waals surface area contributed by atoms with Crippen LogP contribution in [0.25, 0.3) is 0 Å². The van der Waals surface area contributed by atoms with Crippen LogP contribution in [0.4, 0.5) is 0 Å². The molecule has 2 heteroatoms. The first-order valence-electron chi connectivity index (χ1n) is 7.89. The molecule has 0 amide bonds. The fourth-order valence-corrected chi connectivity index (χ4v) is 2.97. The minimum absolute atomic E-state index is 0.850. The number of aryl methyl sites for hydroxylation is 1. The topological polar surface area (TPSA) is 29.3 Å². The van der Waals surface area contributed by atoms with Crippen LogP contribution in [0, 0.1) is 0 Å². The lowest BCUT2D eigenvalue weighted by atomic mass is 10.0. The maximum atomic E-state index is 5.51. The van der Waals surface area contributed by atoms with E-state index in [2.05, 4.69) is 29.2 Å². The number of hydrogen-bond donors (Lipinski definition) is 1. The van der Waals surface area contributed by atoms with Crippen molar-refractivity contribution < 1.29 is 0 Å². The van der Waals surface area contributed by atoms with E-state index >= 15 is 0 Å². The van der Waals surface area contributed by atoms with E-state index < -0.39 is 0 Å². The van der Waals surface area contributed by atoms with Crippen LogP contribution >= 0.6 is 0 Å². The lowest BCUT2D eigenvalue weighted by Crippen LogP contribution is -2.24. The van der Waals surface area contributed by atoms with Crippen molar-refractivity contribution in [3.05, 3.63) is 35.4 Å². The van der Waals surface area contributed by atoms with Crippen molar-refractivity contribution in [3.8, 4) is 0 Å². The summed E-state index contributed by atoms with van der Waals surface area (Å²) < 4.78 is 0. The predicted octanol–water partition coefficient (Wildman–Crippen LogP) is 3.34. The molecule has 1 aromatic carbocycles. The van der Waals surface area contributed by atoms with Crippen LogP contribution < -0.4 is 5.73 Å². The Morgan fingerprint density at radius 3 is 2.53 bits per heavy atom. The van der Waals surface area contributed by atoms with E-state index in [1.54, 1.807) is 11.1 Å². The number of nitrogens with two attached hydrogens (primary N) is 1. The van der Waals surface area contributed by atoms with Crippen LogP contribution in [-0.4, -0.2) is 24.5 Å². The van der Waals surface area contributed by atoms with E-state index in [9.17, 15) is 0 Å². The highest BCUT2D eigenvalue weighted by atomic mass is 15.1. The Kier molecular flexibility index (Phi) is 6.38. The van der Waals surface area contributed by atoms with Gasteiger partial charge < -0.3 is 5.73 Å². The number of unbranched alkanes of at least 4 members (excludes halogenated alkanes) is 4. The Morgan fingerprint density at radius 2 is 1.68 bits per heavy atom. The normalized spacial score (nSPS) is 16.1. The fraction of sp³-hybridized carbons (Fsp3) is 0.647. The highest BCUT2D eigenvalue weighted by molar-refractivity contribution is 5.27. The third-order valence-electron chi connectivity index (χ3n) is 4.11. The van der Waals surface area contributed by atoms with Crippen LogP contribution in [0.1, 0.15) is 49.7 Å². The Labute approximate surface area is 118 Å². The van der Waals surface area contributed by atoms with Crippen LogP contribution in [-0.2, 0) is 13.0 Å². The fourth-order valence-electron chi connectivity index (χ4n) is 2.97. The molecule has 0 unspecified atom stereocenters. The molecule has 0 aromatic heterocycles. The largest absolute Gasteiger partial charge is 0.330 e. The van der Waals surface area contributed by atoms with Crippen molar-refractivity contribution in [2.24, 2.45) is 5.73 Å². The maximum absolute atomic E-state index is 5.51. The van der Waals surface area contributed by atoms with E-state index in [1.165, 1.54) is 58.0 Å². The highest BCUT2D eigenvalue weighted by Crippen LogP contribution is 2.18. The summed E-state index contributed by atoms with van der Waals surface area (Å²) in [7, 11) is 0. The quantitative estimate of drug-likeness (QED) is 0.762. The monoisotopic (exact) mass is 260 g/mol. The molecule has 1 aromatic rings. The van der Waals surface area contributed by atoms with E-state index in [0.717, 1.165) is 13.1 Å². The highest BCUT2D eigenvalue weighted by Gasteiger charge is 2.12. The number of nitrogens with zero attached hydrogens (tertiary/aromatic N) is 1. The van der Waals surface area contributed by atoms with Crippen LogP contribution in [0.15, 0.2) is 24.3 Å². The zero-order valence-electron chi connectivity index (χ0n) is 12.1. The summed E-state index contributed by atoms with van der Waals surface area (Å²) in [5.74, 6) is 0. The molecule has 0 spiro atoms. The van der Waals surface area contributed by atoms with Gasteiger partial charge in [-0.05, 0) is 56.4 Å². The van der Waals surface area contributed by atoms with Crippen LogP contribution in [0.5, 0.6) is 0 Å². The Morgan fingerprint density at radius 1 is 0.947 bits per heavy atom. The van der Waals surface area contributed by atoms with Crippen LogP contribution in [0.3, 0.4) is 0 Å². The summed E-state index contributed by atoms with van der Waals surface area (Å²) >= 11 is 0. The molecule has 0 aliphatic carbocycles. The number of rotatable bonds is 7. The van der Waals surface area contributed by atoms with Crippen molar-refractivity contribution in [2.45, 2.75) is 51.5 Å². The number of benzene rings is 1. The average molecular weight is 260 g/mol. The molecular weight excluding hydrogens is 232 g/mol. The molecule has 0 atom stereocenters. The maximum Gasteiger partial charge on any atom is 0.0236 e. The molecule has 1 heterocycles. The molecule has 1 aliphatic heterocycles. The van der Waals surface area contributed by atoms with Crippen molar-refractivity contribution >= 4 is 0 Å². The van der Waals surface area contributed by atoms with Crippen molar-refractivity contribution in [3.63, 3.8) is 0 Å². The second-order valence-corrected chi connectivity index (χ2v) is 5.70. The molecule has 0 saturated heterocycles. The molecular formula is C17H28N2. The number of fused-ring (bicyclic) bond motifs is 1. The first-order chi connectivity index (χ1) is 9.40. The van der Waals surface area contributed by atoms with E-state index in [0.29, 0.717) is 0 Å². The van der Waals surface area contributed by atoms with Gasteiger partial charge in [-0.15, -0.1) is 0 Å². The molecule has 0 fully saturated rings. The summed E-state index contributed by atoms with van der Waals surface area (Å²) in [5.41, 5.74) is 8.62. The van der Waals surface area contributed by atoms with E-state index in [1.807, 2.05) is 0 Å². The summed E-state index contributed by atoms with van der Waals surface area (Å²) in [6.45, 7) is 4.52. The van der Waals surface area contributed by atoms with Crippen LogP contribution in [0.2, 0.25) is 0 Å². The van der Waals surface area contributed by atoms with Gasteiger partial charge in [-0.1, -0.05) is 43.5 Å². The molecule has 2 N–H and O–H groups in total. The van der Waals surface area contributed by atoms with E-state index in [4.69, 9.17) is 5.73 Å². The molecule has 2 nitrogen and oxygen atoms in total. The predicted molar refractivity (Wildman–Crippen MR) is 82.2 cm³/mol. The van der Waals surface area contributed by atoms with Gasteiger partial charge in [0.2, 0.25) is 0 Å². The van der Waals surface area contributed by atoms with Gasteiger partial charge in [0.25, 0.3) is 0 Å². The SMILES string of the molecule is NCCCCCCCN1CCCc2ccccc2C1. The van der Waals surface area contributed by atoms with Gasteiger partial charge in [0.1, 0.15) is 0 Å². The van der Waals surface area contributed by atoms with Gasteiger partial charge in [-0.25, -0.2) is 0 Å². The van der Waals surface area contributed by atoms with Crippen molar-refractivity contribution in [1.29, 1.82) is 0 Å². The van der Waals surface area contributed by atoms with Gasteiger partial charge in [0, 0.05) is 6.54 Å². The smallest absolute Gasteiger partial charge is 0.0236 e. The number of hydrogen-bond acceptors (Lipinski definition) is 2. The third kappa shape index (κ3) is 4.96. The van der Waals surface area contributed by atoms with Gasteiger partial charge in [0.05, 0.1) is 0 Å². The van der Waals surface area contributed by atoms with Crippen molar-refractivity contribution in [1.82, 2.24) is 4.90 Å². The third-order valence-corrected chi connectivity index (χ3v) is 4.11. The minimum atomic E-state index is 0.850. The molecule has 19 heavy (non-hydrogen) atoms. The van der Waals surface area contributed by atoms with Gasteiger partial charge >= 0.3 is 0 Å². The lowest BCUT2D eigenvalue weighted by molar-refractivity contribution is 0.262. The first-order valence-corrected chi connectivity index (χ1v) is 7.89. The lowest BCUT2D eigenvalue weighted by Gasteiger charge is -2.20. The average Bonchev–Trinajstić information content (AvgIpc) is 2.64.